The Kier molecular flexibility index (Phi) is 6.69. The number of aryl methyl sites for hydroxylation is 2. The highest BCUT2D eigenvalue weighted by Crippen LogP contribution is 2.45. The second-order valence-corrected chi connectivity index (χ2v) is 11.3. The smallest absolute Gasteiger partial charge is 0.248 e. The summed E-state index contributed by atoms with van der Waals surface area (Å²) in [6, 6.07) is 1.69. The topological polar surface area (TPSA) is 124 Å². The third-order valence-electron chi connectivity index (χ3n) is 7.67. The molecule has 3 aromatic heterocycles. The molecule has 3 heterocycles. The Morgan fingerprint density at radius 1 is 1.11 bits per heavy atom. The summed E-state index contributed by atoms with van der Waals surface area (Å²) < 4.78 is 27.8. The number of hydrogen-bond acceptors (Lipinski definition) is 9. The molecule has 0 amide bonds. The quantitative estimate of drug-likeness (QED) is 0.374. The van der Waals surface area contributed by atoms with Gasteiger partial charge in [0.1, 0.15) is 10.5 Å². The van der Waals surface area contributed by atoms with Crippen LogP contribution >= 0.6 is 11.3 Å². The first-order valence-corrected chi connectivity index (χ1v) is 13.1. The van der Waals surface area contributed by atoms with Gasteiger partial charge in [-0.05, 0) is 51.5 Å². The first-order valence-electron chi connectivity index (χ1n) is 12.3. The van der Waals surface area contributed by atoms with E-state index in [1.165, 1.54) is 11.3 Å². The van der Waals surface area contributed by atoms with Crippen molar-refractivity contribution in [3.8, 4) is 10.6 Å². The molecule has 0 spiro atoms. The van der Waals surface area contributed by atoms with Gasteiger partial charge in [-0.2, -0.15) is 0 Å². The standard InChI is InChI=1S/C25H31F2N5O3S/c1-11(16-8-25(26,27)9-16)29-24-30-12(2)19(23-32-20-13(3)28-5-4-18(20)36-23)17(31-24)7-14-6-15(10-33)22(35)21(14)34/h4-5,11,14-16,21-22,33-35H,6-10H2,1-3H3,(H,29,30,31)/t11?,14-,15+,21-,22+/m0/s1. The predicted octanol–water partition coefficient (Wildman–Crippen LogP) is 3.50. The van der Waals surface area contributed by atoms with Crippen molar-refractivity contribution in [3.63, 3.8) is 0 Å². The van der Waals surface area contributed by atoms with Gasteiger partial charge in [0.2, 0.25) is 11.9 Å². The van der Waals surface area contributed by atoms with Gasteiger partial charge in [-0.1, -0.05) is 0 Å². The monoisotopic (exact) mass is 519 g/mol. The van der Waals surface area contributed by atoms with Crippen LogP contribution in [0, 0.1) is 31.6 Å². The van der Waals surface area contributed by atoms with Crippen LogP contribution in [0.2, 0.25) is 0 Å². The largest absolute Gasteiger partial charge is 0.396 e. The lowest BCUT2D eigenvalue weighted by molar-refractivity contribution is -0.113. The maximum absolute atomic E-state index is 13.4. The average molecular weight is 520 g/mol. The maximum Gasteiger partial charge on any atom is 0.248 e. The minimum atomic E-state index is -2.60. The van der Waals surface area contributed by atoms with E-state index in [0.29, 0.717) is 30.2 Å². The molecule has 0 radical (unpaired) electrons. The van der Waals surface area contributed by atoms with Gasteiger partial charge in [0, 0.05) is 37.6 Å². The Hall–Kier alpha value is -2.34. The normalized spacial score (nSPS) is 26.8. The van der Waals surface area contributed by atoms with Crippen molar-refractivity contribution >= 4 is 27.5 Å². The molecule has 3 aromatic rings. The third-order valence-corrected chi connectivity index (χ3v) is 8.70. The fraction of sp³-hybridized carbons (Fsp3) is 0.600. The molecule has 0 saturated heterocycles. The zero-order valence-electron chi connectivity index (χ0n) is 20.4. The number of anilines is 1. The van der Waals surface area contributed by atoms with E-state index in [-0.39, 0.29) is 37.3 Å². The predicted molar refractivity (Wildman–Crippen MR) is 133 cm³/mol. The van der Waals surface area contributed by atoms with Gasteiger partial charge in [-0.3, -0.25) is 4.98 Å². The molecule has 2 saturated carbocycles. The molecule has 2 aliphatic carbocycles. The van der Waals surface area contributed by atoms with Crippen LogP contribution in [-0.4, -0.2) is 66.0 Å². The molecule has 4 N–H and O–H groups in total. The number of thiazole rings is 1. The third kappa shape index (κ3) is 4.69. The number of nitrogens with zero attached hydrogens (tertiary/aromatic N) is 4. The number of alkyl halides is 2. The van der Waals surface area contributed by atoms with E-state index in [1.54, 1.807) is 6.20 Å². The van der Waals surface area contributed by atoms with Crippen LogP contribution in [0.25, 0.3) is 20.8 Å². The number of rotatable bonds is 7. The molecule has 5 rings (SSSR count). The van der Waals surface area contributed by atoms with E-state index in [1.807, 2.05) is 26.8 Å². The van der Waals surface area contributed by atoms with Gasteiger partial charge in [-0.25, -0.2) is 23.7 Å². The Labute approximate surface area is 211 Å². The summed E-state index contributed by atoms with van der Waals surface area (Å²) in [6.07, 6.45) is 0.261. The Bertz CT molecular complexity index is 1260. The number of fused-ring (bicyclic) bond motifs is 1. The van der Waals surface area contributed by atoms with Crippen molar-refractivity contribution in [2.75, 3.05) is 11.9 Å². The van der Waals surface area contributed by atoms with Crippen molar-refractivity contribution in [3.05, 3.63) is 29.3 Å². The van der Waals surface area contributed by atoms with Crippen LogP contribution in [0.1, 0.15) is 43.3 Å². The van der Waals surface area contributed by atoms with Gasteiger partial charge in [0.25, 0.3) is 0 Å². The molecule has 11 heteroatoms. The molecule has 0 aromatic carbocycles. The van der Waals surface area contributed by atoms with Crippen LogP contribution in [0.5, 0.6) is 0 Å². The molecule has 1 unspecified atom stereocenters. The highest BCUT2D eigenvalue weighted by molar-refractivity contribution is 7.21. The fourth-order valence-corrected chi connectivity index (χ4v) is 6.59. The molecule has 2 aliphatic rings. The molecule has 0 aliphatic heterocycles. The molecular weight excluding hydrogens is 488 g/mol. The summed E-state index contributed by atoms with van der Waals surface area (Å²) in [7, 11) is 0. The molecular formula is C25H31F2N5O3S. The van der Waals surface area contributed by atoms with Gasteiger partial charge < -0.3 is 20.6 Å². The summed E-state index contributed by atoms with van der Waals surface area (Å²) in [5.74, 6) is -3.12. The Morgan fingerprint density at radius 2 is 1.83 bits per heavy atom. The first-order chi connectivity index (χ1) is 17.1. The molecule has 5 atom stereocenters. The van der Waals surface area contributed by atoms with E-state index in [0.717, 1.165) is 26.5 Å². The van der Waals surface area contributed by atoms with E-state index in [9.17, 15) is 24.1 Å². The van der Waals surface area contributed by atoms with Gasteiger partial charge in [0.05, 0.1) is 39.6 Å². The van der Waals surface area contributed by atoms with Crippen molar-refractivity contribution in [1.29, 1.82) is 0 Å². The lowest BCUT2D eigenvalue weighted by Gasteiger charge is -2.39. The Morgan fingerprint density at radius 3 is 2.47 bits per heavy atom. The zero-order valence-corrected chi connectivity index (χ0v) is 21.3. The van der Waals surface area contributed by atoms with E-state index in [2.05, 4.69) is 15.3 Å². The van der Waals surface area contributed by atoms with Crippen LogP contribution in [0.3, 0.4) is 0 Å². The number of aromatic nitrogens is 4. The molecule has 194 valence electrons. The lowest BCUT2D eigenvalue weighted by atomic mass is 9.77. The van der Waals surface area contributed by atoms with Gasteiger partial charge in [0.15, 0.2) is 0 Å². The summed E-state index contributed by atoms with van der Waals surface area (Å²) in [4.78, 5) is 18.6. The van der Waals surface area contributed by atoms with Crippen molar-refractivity contribution < 1.29 is 24.1 Å². The molecule has 2 fully saturated rings. The van der Waals surface area contributed by atoms with Crippen LogP contribution < -0.4 is 5.32 Å². The highest BCUT2D eigenvalue weighted by atomic mass is 32.1. The molecule has 36 heavy (non-hydrogen) atoms. The fourth-order valence-electron chi connectivity index (χ4n) is 5.45. The zero-order chi connectivity index (χ0) is 25.8. The van der Waals surface area contributed by atoms with Crippen LogP contribution in [-0.2, 0) is 6.42 Å². The van der Waals surface area contributed by atoms with E-state index >= 15 is 0 Å². The summed E-state index contributed by atoms with van der Waals surface area (Å²) >= 11 is 1.51. The number of pyridine rings is 1. The maximum atomic E-state index is 13.4. The average Bonchev–Trinajstić information content (AvgIpc) is 3.34. The number of aliphatic hydroxyl groups excluding tert-OH is 3. The highest BCUT2D eigenvalue weighted by Gasteiger charge is 2.47. The molecule has 0 bridgehead atoms. The van der Waals surface area contributed by atoms with Crippen molar-refractivity contribution in [1.82, 2.24) is 19.9 Å². The summed E-state index contributed by atoms with van der Waals surface area (Å²) in [5, 5.41) is 34.6. The number of nitrogens with one attached hydrogen (secondary N) is 1. The SMILES string of the molecule is Cc1nc(NC(C)C2CC(F)(F)C2)nc(C[C@@H]2C[C@H](CO)[C@@H](O)[C@H]2O)c1-c1nc2c(C)nccc2s1. The first kappa shape index (κ1) is 25.3. The number of aliphatic hydroxyl groups is 3. The van der Waals surface area contributed by atoms with Gasteiger partial charge in [-0.15, -0.1) is 11.3 Å². The van der Waals surface area contributed by atoms with Gasteiger partial charge >= 0.3 is 0 Å². The minimum Gasteiger partial charge on any atom is -0.396 e. The number of halogens is 2. The van der Waals surface area contributed by atoms with Crippen molar-refractivity contribution in [2.24, 2.45) is 17.8 Å². The number of hydrogen-bond donors (Lipinski definition) is 4. The second kappa shape index (κ2) is 9.51. The van der Waals surface area contributed by atoms with E-state index < -0.39 is 24.0 Å². The Balaban J connectivity index is 1.51. The van der Waals surface area contributed by atoms with Crippen LogP contribution in [0.4, 0.5) is 14.7 Å². The lowest BCUT2D eigenvalue weighted by Crippen LogP contribution is -2.44. The second-order valence-electron chi connectivity index (χ2n) is 10.3. The van der Waals surface area contributed by atoms with E-state index in [4.69, 9.17) is 9.97 Å². The summed E-state index contributed by atoms with van der Waals surface area (Å²) in [6.45, 7) is 5.42. The summed E-state index contributed by atoms with van der Waals surface area (Å²) in [5.41, 5.74) is 3.74. The molecule has 8 nitrogen and oxygen atoms in total. The minimum absolute atomic E-state index is 0.154. The van der Waals surface area contributed by atoms with Crippen LogP contribution in [0.15, 0.2) is 12.3 Å². The van der Waals surface area contributed by atoms with Crippen molar-refractivity contribution in [2.45, 2.75) is 70.6 Å².